The maximum atomic E-state index is 13.3. The summed E-state index contributed by atoms with van der Waals surface area (Å²) in [5.74, 6) is -8.12. The molecule has 274 valence electrons. The predicted molar refractivity (Wildman–Crippen MR) is 182 cm³/mol. The normalized spacial score (nSPS) is 13.4. The van der Waals surface area contributed by atoms with Gasteiger partial charge in [0.05, 0.1) is 23.8 Å². The molecule has 0 unspecified atom stereocenters. The van der Waals surface area contributed by atoms with Gasteiger partial charge in [-0.3, -0.25) is 19.2 Å². The number of unbranched alkanes of at least 4 members (excludes halogenated alkanes) is 8. The van der Waals surface area contributed by atoms with Crippen molar-refractivity contribution in [2.75, 3.05) is 0 Å². The lowest BCUT2D eigenvalue weighted by Crippen LogP contribution is -2.47. The summed E-state index contributed by atoms with van der Waals surface area (Å²) in [5, 5.41) is 31.3. The zero-order valence-electron chi connectivity index (χ0n) is 28.4. The first-order valence-corrected chi connectivity index (χ1v) is 17.2. The van der Waals surface area contributed by atoms with Crippen LogP contribution in [-0.2, 0) is 36.6 Å². The van der Waals surface area contributed by atoms with Gasteiger partial charge in [0.2, 0.25) is 5.91 Å². The highest BCUT2D eigenvalue weighted by molar-refractivity contribution is 5.91. The van der Waals surface area contributed by atoms with Crippen LogP contribution in [0.2, 0.25) is 0 Å². The number of allylic oxidation sites excluding steroid dienone is 1. The van der Waals surface area contributed by atoms with Gasteiger partial charge in [-0.15, -0.1) is 0 Å². The Labute approximate surface area is 291 Å². The number of carboxylic acid groups (broad SMARTS) is 3. The van der Waals surface area contributed by atoms with E-state index in [1.54, 1.807) is 30.3 Å². The highest BCUT2D eigenvalue weighted by atomic mass is 19.4. The van der Waals surface area contributed by atoms with Gasteiger partial charge >= 0.3 is 24.1 Å². The zero-order valence-corrected chi connectivity index (χ0v) is 28.4. The molecule has 2 aromatic carbocycles. The van der Waals surface area contributed by atoms with Crippen LogP contribution < -0.4 is 5.32 Å². The number of Topliss-reactive ketones (excluding diaryl/α,β-unsaturated/α-hetero) is 1. The summed E-state index contributed by atoms with van der Waals surface area (Å²) >= 11 is 0. The highest BCUT2D eigenvalue weighted by Gasteiger charge is 2.35. The fraction of sp³-hybridized carbons (Fsp3) is 0.500. The van der Waals surface area contributed by atoms with Crippen molar-refractivity contribution >= 4 is 29.6 Å². The molecule has 0 saturated carbocycles. The molecule has 0 saturated heterocycles. The smallest absolute Gasteiger partial charge is 0.416 e. The van der Waals surface area contributed by atoms with Crippen LogP contribution in [0.15, 0.2) is 60.7 Å². The van der Waals surface area contributed by atoms with E-state index in [2.05, 4.69) is 12.2 Å². The standard InChI is InChI=1S/C38H48F3NO8/c1-2-3-4-7-10-13-30(43)14-11-8-5-6-9-12-15-31(32(36(47)48)25-34(44)45)35(46)42-33(37(49)50)24-26-16-18-27(19-17-26)28-20-22-29(23-21-28)38(39,40)41/h12,15-23,31-33H,2-11,13-14,24-25H2,1H3,(H,42,46)(H,44,45)(H,47,48)(H,49,50)/b15-12+/t31-,32+,33-/m0/s1. The summed E-state index contributed by atoms with van der Waals surface area (Å²) < 4.78 is 38.7. The maximum Gasteiger partial charge on any atom is 0.416 e. The summed E-state index contributed by atoms with van der Waals surface area (Å²) in [6.45, 7) is 2.14. The minimum absolute atomic E-state index is 0.192. The Morgan fingerprint density at radius 2 is 1.28 bits per heavy atom. The van der Waals surface area contributed by atoms with Crippen LogP contribution in [0.25, 0.3) is 11.1 Å². The molecule has 0 aliphatic rings. The molecule has 0 radical (unpaired) electrons. The number of hydrogen-bond donors (Lipinski definition) is 4. The van der Waals surface area contributed by atoms with E-state index in [0.717, 1.165) is 57.1 Å². The van der Waals surface area contributed by atoms with Gasteiger partial charge in [0.1, 0.15) is 11.8 Å². The number of carbonyl (C=O) groups excluding carboxylic acids is 2. The number of nitrogens with one attached hydrogen (secondary N) is 1. The molecule has 0 aliphatic carbocycles. The summed E-state index contributed by atoms with van der Waals surface area (Å²) in [4.78, 5) is 60.9. The third-order valence-corrected chi connectivity index (χ3v) is 8.48. The molecular formula is C38H48F3NO8. The summed E-state index contributed by atoms with van der Waals surface area (Å²) in [5.41, 5.74) is 0.791. The topological polar surface area (TPSA) is 158 Å². The molecule has 0 spiro atoms. The average Bonchev–Trinajstić information content (AvgIpc) is 3.06. The third kappa shape index (κ3) is 15.4. The number of benzene rings is 2. The van der Waals surface area contributed by atoms with E-state index in [0.29, 0.717) is 42.4 Å². The molecule has 2 aromatic rings. The number of halogens is 3. The Hall–Kier alpha value is -4.48. The number of carbonyl (C=O) groups is 5. The van der Waals surface area contributed by atoms with Gasteiger partial charge in [0.25, 0.3) is 0 Å². The number of amides is 1. The average molecular weight is 704 g/mol. The molecular weight excluding hydrogens is 655 g/mol. The fourth-order valence-electron chi connectivity index (χ4n) is 5.58. The Morgan fingerprint density at radius 3 is 1.78 bits per heavy atom. The summed E-state index contributed by atoms with van der Waals surface area (Å²) in [6, 6.07) is 9.43. The molecule has 0 heterocycles. The maximum absolute atomic E-state index is 13.3. The van der Waals surface area contributed by atoms with E-state index in [1.807, 2.05) is 0 Å². The van der Waals surface area contributed by atoms with Crippen molar-refractivity contribution in [1.82, 2.24) is 5.32 Å². The fourth-order valence-corrected chi connectivity index (χ4v) is 5.58. The molecule has 4 N–H and O–H groups in total. The minimum Gasteiger partial charge on any atom is -0.481 e. The largest absolute Gasteiger partial charge is 0.481 e. The van der Waals surface area contributed by atoms with Gasteiger partial charge in [-0.1, -0.05) is 94.0 Å². The first kappa shape index (κ1) is 41.7. The van der Waals surface area contributed by atoms with Crippen molar-refractivity contribution in [1.29, 1.82) is 0 Å². The van der Waals surface area contributed by atoms with Gasteiger partial charge in [-0.2, -0.15) is 13.2 Å². The number of hydrogen-bond acceptors (Lipinski definition) is 5. The van der Waals surface area contributed by atoms with E-state index in [9.17, 15) is 52.5 Å². The number of alkyl halides is 3. The predicted octanol–water partition coefficient (Wildman–Crippen LogP) is 8.10. The van der Waals surface area contributed by atoms with Crippen LogP contribution in [0.3, 0.4) is 0 Å². The Bertz CT molecular complexity index is 1420. The lowest BCUT2D eigenvalue weighted by molar-refractivity contribution is -0.152. The van der Waals surface area contributed by atoms with Crippen LogP contribution in [-0.4, -0.2) is 51.0 Å². The minimum atomic E-state index is -4.47. The number of carboxylic acids is 3. The SMILES string of the molecule is CCCCCCCC(=O)CCCCCC/C=C/[C@H](C(=O)N[C@@H](Cc1ccc(-c2ccc(C(F)(F)F)cc2)cc1)C(=O)O)[C@@H](CC(=O)O)C(=O)O. The van der Waals surface area contributed by atoms with Crippen LogP contribution >= 0.6 is 0 Å². The van der Waals surface area contributed by atoms with Crippen molar-refractivity contribution < 1.29 is 52.5 Å². The van der Waals surface area contributed by atoms with Crippen LogP contribution in [0, 0.1) is 11.8 Å². The van der Waals surface area contributed by atoms with Crippen LogP contribution in [0.1, 0.15) is 102 Å². The summed E-state index contributed by atoms with van der Waals surface area (Å²) in [7, 11) is 0. The Kier molecular flexibility index (Phi) is 18.0. The van der Waals surface area contributed by atoms with Gasteiger partial charge in [0, 0.05) is 19.3 Å². The number of aliphatic carboxylic acids is 3. The van der Waals surface area contributed by atoms with Crippen molar-refractivity contribution in [3.05, 3.63) is 71.8 Å². The second-order valence-corrected chi connectivity index (χ2v) is 12.5. The number of ketones is 1. The second kappa shape index (κ2) is 21.6. The highest BCUT2D eigenvalue weighted by Crippen LogP contribution is 2.31. The number of rotatable bonds is 24. The van der Waals surface area contributed by atoms with Gasteiger partial charge in [0.15, 0.2) is 0 Å². The van der Waals surface area contributed by atoms with Crippen molar-refractivity contribution in [2.45, 2.75) is 109 Å². The molecule has 0 aromatic heterocycles. The molecule has 0 fully saturated rings. The van der Waals surface area contributed by atoms with Gasteiger partial charge in [-0.05, 0) is 54.5 Å². The van der Waals surface area contributed by atoms with Crippen LogP contribution in [0.5, 0.6) is 0 Å². The summed E-state index contributed by atoms with van der Waals surface area (Å²) in [6.07, 6.45) is 7.62. The Balaban J connectivity index is 2.00. The second-order valence-electron chi connectivity index (χ2n) is 12.5. The molecule has 3 atom stereocenters. The van der Waals surface area contributed by atoms with E-state index in [4.69, 9.17) is 0 Å². The lowest BCUT2D eigenvalue weighted by Gasteiger charge is -2.22. The van der Waals surface area contributed by atoms with Crippen molar-refractivity contribution in [3.8, 4) is 11.1 Å². The van der Waals surface area contributed by atoms with Gasteiger partial charge < -0.3 is 20.6 Å². The molecule has 1 amide bonds. The monoisotopic (exact) mass is 703 g/mol. The lowest BCUT2D eigenvalue weighted by atomic mass is 9.87. The molecule has 12 heteroatoms. The zero-order chi connectivity index (χ0) is 37.1. The van der Waals surface area contributed by atoms with E-state index >= 15 is 0 Å². The van der Waals surface area contributed by atoms with E-state index < -0.39 is 59.9 Å². The van der Waals surface area contributed by atoms with Gasteiger partial charge in [-0.25, -0.2) is 4.79 Å². The third-order valence-electron chi connectivity index (χ3n) is 8.48. The van der Waals surface area contributed by atoms with Crippen LogP contribution in [0.4, 0.5) is 13.2 Å². The van der Waals surface area contributed by atoms with E-state index in [1.165, 1.54) is 24.6 Å². The Morgan fingerprint density at radius 1 is 0.740 bits per heavy atom. The van der Waals surface area contributed by atoms with E-state index in [-0.39, 0.29) is 12.2 Å². The molecule has 50 heavy (non-hydrogen) atoms. The molecule has 0 bridgehead atoms. The van der Waals surface area contributed by atoms with Crippen molar-refractivity contribution in [3.63, 3.8) is 0 Å². The molecule has 9 nitrogen and oxygen atoms in total. The molecule has 0 aliphatic heterocycles. The first-order valence-electron chi connectivity index (χ1n) is 17.2. The molecule has 2 rings (SSSR count). The first-order chi connectivity index (χ1) is 23.7. The van der Waals surface area contributed by atoms with Crippen molar-refractivity contribution in [2.24, 2.45) is 11.8 Å². The quantitative estimate of drug-likeness (QED) is 0.0631.